The van der Waals surface area contributed by atoms with E-state index in [4.69, 9.17) is 23.7 Å². The number of hydrogen-bond donors (Lipinski definition) is 10. The molecule has 0 aromatic rings. The molecule has 0 radical (unpaired) electrons. The SMILES string of the molecule is CC(=O)N[C@@H]1[C@H](O[C@@H]2[C@H](O)[C@H](C)O[C@@H](O[C@H]3[C@@H](O)[C@@H](CO)O[C@@H](O)[C@@H]3NC(C)=O)[C@H]2NC(C)=O)O[C@H](CO)[C@@H](O)[C@@H]1O. The van der Waals surface area contributed by atoms with Crippen LogP contribution >= 0.6 is 0 Å². The quantitative estimate of drug-likeness (QED) is 0.116. The fourth-order valence-corrected chi connectivity index (χ4v) is 5.21. The zero-order valence-electron chi connectivity index (χ0n) is 23.5. The van der Waals surface area contributed by atoms with E-state index >= 15 is 0 Å². The summed E-state index contributed by atoms with van der Waals surface area (Å²) in [4.78, 5) is 35.9. The smallest absolute Gasteiger partial charge is 0.217 e. The summed E-state index contributed by atoms with van der Waals surface area (Å²) in [5, 5.41) is 80.0. The van der Waals surface area contributed by atoms with Gasteiger partial charge in [-0.3, -0.25) is 14.4 Å². The Morgan fingerprint density at radius 3 is 1.60 bits per heavy atom. The molecule has 3 aliphatic rings. The molecule has 242 valence electrons. The van der Waals surface area contributed by atoms with E-state index in [-0.39, 0.29) is 0 Å². The maximum Gasteiger partial charge on any atom is 0.217 e. The molecule has 0 spiro atoms. The van der Waals surface area contributed by atoms with Crippen molar-refractivity contribution in [2.75, 3.05) is 13.2 Å². The van der Waals surface area contributed by atoms with Crippen molar-refractivity contribution in [1.82, 2.24) is 16.0 Å². The number of nitrogens with one attached hydrogen (secondary N) is 3. The summed E-state index contributed by atoms with van der Waals surface area (Å²) >= 11 is 0. The number of aliphatic hydroxyl groups is 7. The molecule has 10 N–H and O–H groups in total. The monoisotopic (exact) mass is 611 g/mol. The Labute approximate surface area is 240 Å². The van der Waals surface area contributed by atoms with E-state index in [2.05, 4.69) is 16.0 Å². The average molecular weight is 612 g/mol. The molecule has 0 aliphatic carbocycles. The van der Waals surface area contributed by atoms with Gasteiger partial charge in [-0.15, -0.1) is 0 Å². The lowest BCUT2D eigenvalue weighted by Crippen LogP contribution is -2.71. The van der Waals surface area contributed by atoms with Crippen LogP contribution < -0.4 is 16.0 Å². The van der Waals surface area contributed by atoms with Crippen molar-refractivity contribution < 1.29 is 73.8 Å². The summed E-state index contributed by atoms with van der Waals surface area (Å²) in [5.74, 6) is -1.88. The van der Waals surface area contributed by atoms with E-state index < -0.39 is 123 Å². The van der Waals surface area contributed by atoms with Crippen LogP contribution in [0.1, 0.15) is 27.7 Å². The molecule has 3 aliphatic heterocycles. The molecule has 0 aromatic carbocycles. The highest BCUT2D eigenvalue weighted by atomic mass is 16.7. The van der Waals surface area contributed by atoms with E-state index in [1.54, 1.807) is 0 Å². The van der Waals surface area contributed by atoms with Crippen LogP contribution in [-0.4, -0.2) is 159 Å². The van der Waals surface area contributed by atoms with Gasteiger partial charge >= 0.3 is 0 Å². The van der Waals surface area contributed by atoms with Gasteiger partial charge in [0, 0.05) is 20.8 Å². The highest BCUT2D eigenvalue weighted by Crippen LogP contribution is 2.32. The Hall–Kier alpha value is -2.07. The molecule has 0 saturated carbocycles. The first-order chi connectivity index (χ1) is 19.7. The van der Waals surface area contributed by atoms with Gasteiger partial charge in [-0.1, -0.05) is 0 Å². The molecule has 3 amide bonds. The van der Waals surface area contributed by atoms with Gasteiger partial charge in [-0.25, -0.2) is 0 Å². The van der Waals surface area contributed by atoms with Crippen molar-refractivity contribution in [2.45, 2.75) is 120 Å². The first kappa shape index (κ1) is 34.4. The second kappa shape index (κ2) is 14.6. The molecule has 0 unspecified atom stereocenters. The lowest BCUT2D eigenvalue weighted by Gasteiger charge is -2.50. The molecule has 0 bridgehead atoms. The molecule has 15 atom stereocenters. The number of hydrogen-bond acceptors (Lipinski definition) is 15. The Balaban J connectivity index is 1.96. The molecular formula is C24H41N3O15. The predicted molar refractivity (Wildman–Crippen MR) is 135 cm³/mol. The molecule has 18 nitrogen and oxygen atoms in total. The number of carbonyl (C=O) groups excluding carboxylic acids is 3. The van der Waals surface area contributed by atoms with E-state index in [1.807, 2.05) is 0 Å². The zero-order chi connectivity index (χ0) is 31.5. The van der Waals surface area contributed by atoms with E-state index in [0.717, 1.165) is 20.8 Å². The van der Waals surface area contributed by atoms with Gasteiger partial charge in [-0.2, -0.15) is 0 Å². The normalized spacial score (nSPS) is 44.2. The standard InChI is InChI=1S/C24H41N3O15/c1-7-16(33)21(42-23-13(25-8(2)30)19(36)17(34)11(5-28)40-23)15(27-10(4)32)24(38-7)41-20-14(26-9(3)31)22(37)39-12(6-29)18(20)35/h7,11-24,28-29,33-37H,5-6H2,1-4H3,(H,25,30)(H,26,31)(H,27,32)/t7-,11+,12+,13-,14+,15-,16+,17+,18-,19+,20+,21-,22+,23-,24-/m0/s1. The number of rotatable bonds is 9. The minimum absolute atomic E-state index is 0.614. The number of aliphatic hydroxyl groups excluding tert-OH is 7. The number of ether oxygens (including phenoxy) is 5. The maximum absolute atomic E-state index is 12.3. The van der Waals surface area contributed by atoms with E-state index in [0.29, 0.717) is 0 Å². The van der Waals surface area contributed by atoms with Gasteiger partial charge in [-0.05, 0) is 6.92 Å². The predicted octanol–water partition coefficient (Wildman–Crippen LogP) is -6.11. The molecular weight excluding hydrogens is 570 g/mol. The van der Waals surface area contributed by atoms with Crippen LogP contribution in [0.3, 0.4) is 0 Å². The molecule has 3 fully saturated rings. The van der Waals surface area contributed by atoms with Crippen molar-refractivity contribution >= 4 is 17.7 Å². The zero-order valence-corrected chi connectivity index (χ0v) is 23.5. The van der Waals surface area contributed by atoms with Gasteiger partial charge in [0.2, 0.25) is 17.7 Å². The van der Waals surface area contributed by atoms with E-state index in [1.165, 1.54) is 6.92 Å². The lowest BCUT2D eigenvalue weighted by atomic mass is 9.93. The minimum Gasteiger partial charge on any atom is -0.394 e. The molecule has 3 heterocycles. The van der Waals surface area contributed by atoms with Crippen LogP contribution in [0.4, 0.5) is 0 Å². The van der Waals surface area contributed by atoms with Crippen molar-refractivity contribution in [3.05, 3.63) is 0 Å². The summed E-state index contributed by atoms with van der Waals surface area (Å²) in [6.45, 7) is 3.40. The molecule has 3 saturated heterocycles. The summed E-state index contributed by atoms with van der Waals surface area (Å²) in [7, 11) is 0. The first-order valence-corrected chi connectivity index (χ1v) is 13.4. The largest absolute Gasteiger partial charge is 0.394 e. The molecule has 3 rings (SSSR count). The van der Waals surface area contributed by atoms with Crippen molar-refractivity contribution in [3.63, 3.8) is 0 Å². The summed E-state index contributed by atoms with van der Waals surface area (Å²) in [6.07, 6.45) is -17.9. The number of amides is 3. The summed E-state index contributed by atoms with van der Waals surface area (Å²) in [5.41, 5.74) is 0. The third-order valence-electron chi connectivity index (χ3n) is 7.26. The van der Waals surface area contributed by atoms with Crippen LogP contribution in [0.25, 0.3) is 0 Å². The van der Waals surface area contributed by atoms with Crippen molar-refractivity contribution in [2.24, 2.45) is 0 Å². The highest BCUT2D eigenvalue weighted by Gasteiger charge is 2.54. The third-order valence-corrected chi connectivity index (χ3v) is 7.26. The Bertz CT molecular complexity index is 945. The summed E-state index contributed by atoms with van der Waals surface area (Å²) in [6, 6.07) is -4.13. The second-order valence-corrected chi connectivity index (χ2v) is 10.5. The third kappa shape index (κ3) is 7.71. The molecule has 18 heteroatoms. The maximum atomic E-state index is 12.3. The van der Waals surface area contributed by atoms with Gasteiger partial charge in [0.05, 0.1) is 19.3 Å². The topological polar surface area (TPSA) is 275 Å². The average Bonchev–Trinajstić information content (AvgIpc) is 2.91. The number of carbonyl (C=O) groups is 3. The van der Waals surface area contributed by atoms with Gasteiger partial charge in [0.15, 0.2) is 18.9 Å². The Morgan fingerprint density at radius 2 is 1.07 bits per heavy atom. The summed E-state index contributed by atoms with van der Waals surface area (Å²) < 4.78 is 28.6. The fourth-order valence-electron chi connectivity index (χ4n) is 5.21. The Morgan fingerprint density at radius 1 is 0.619 bits per heavy atom. The van der Waals surface area contributed by atoms with Crippen molar-refractivity contribution in [1.29, 1.82) is 0 Å². The lowest BCUT2D eigenvalue weighted by molar-refractivity contribution is -0.343. The molecule has 42 heavy (non-hydrogen) atoms. The van der Waals surface area contributed by atoms with E-state index in [9.17, 15) is 50.1 Å². The van der Waals surface area contributed by atoms with Crippen LogP contribution in [-0.2, 0) is 38.1 Å². The highest BCUT2D eigenvalue weighted by molar-refractivity contribution is 5.74. The second-order valence-electron chi connectivity index (χ2n) is 10.5. The molecule has 0 aromatic heterocycles. The van der Waals surface area contributed by atoms with Crippen molar-refractivity contribution in [3.8, 4) is 0 Å². The minimum atomic E-state index is -1.73. The van der Waals surface area contributed by atoms with Crippen LogP contribution in [0.5, 0.6) is 0 Å². The van der Waals surface area contributed by atoms with Crippen LogP contribution in [0.15, 0.2) is 0 Å². The fraction of sp³-hybridized carbons (Fsp3) is 0.875. The van der Waals surface area contributed by atoms with Crippen LogP contribution in [0, 0.1) is 0 Å². The Kier molecular flexibility index (Phi) is 12.0. The van der Waals surface area contributed by atoms with Gasteiger partial charge in [0.25, 0.3) is 0 Å². The van der Waals surface area contributed by atoms with Gasteiger partial charge < -0.3 is 75.4 Å². The van der Waals surface area contributed by atoms with Gasteiger partial charge in [0.1, 0.15) is 67.0 Å². The first-order valence-electron chi connectivity index (χ1n) is 13.4. The van der Waals surface area contributed by atoms with Crippen LogP contribution in [0.2, 0.25) is 0 Å².